The van der Waals surface area contributed by atoms with Gasteiger partial charge >= 0.3 is 0 Å². The number of nitrogens with two attached hydrogens (primary N) is 1. The average molecular weight is 304 g/mol. The van der Waals surface area contributed by atoms with Crippen molar-refractivity contribution in [1.29, 1.82) is 0 Å². The van der Waals surface area contributed by atoms with E-state index in [4.69, 9.17) is 10.8 Å². The van der Waals surface area contributed by atoms with Crippen molar-refractivity contribution in [1.82, 2.24) is 9.88 Å². The lowest BCUT2D eigenvalue weighted by atomic mass is 10.1. The van der Waals surface area contributed by atoms with Crippen molar-refractivity contribution in [2.24, 2.45) is 7.05 Å². The molecule has 1 heterocycles. The molecule has 1 aromatic carbocycles. The summed E-state index contributed by atoms with van der Waals surface area (Å²) in [6.45, 7) is 1.75. The molecule has 1 atom stereocenters. The first-order valence-electron chi connectivity index (χ1n) is 6.98. The van der Waals surface area contributed by atoms with Crippen molar-refractivity contribution in [3.8, 4) is 0 Å². The van der Waals surface area contributed by atoms with Crippen LogP contribution in [0.1, 0.15) is 6.92 Å². The molecule has 22 heavy (non-hydrogen) atoms. The lowest BCUT2D eigenvalue weighted by molar-refractivity contribution is -0.121. The zero-order valence-corrected chi connectivity index (χ0v) is 12.6. The number of aliphatic hydroxyl groups is 1. The number of nitrogen functional groups attached to an aromatic ring is 1. The van der Waals surface area contributed by atoms with Crippen LogP contribution in [-0.2, 0) is 11.8 Å². The van der Waals surface area contributed by atoms with Crippen LogP contribution in [0.3, 0.4) is 0 Å². The number of aromatic nitrogens is 1. The second-order valence-corrected chi connectivity index (χ2v) is 5.11. The quantitative estimate of drug-likeness (QED) is 0.583. The molecule has 1 unspecified atom stereocenters. The van der Waals surface area contributed by atoms with Gasteiger partial charge in [0, 0.05) is 36.4 Å². The van der Waals surface area contributed by atoms with Crippen molar-refractivity contribution in [2.75, 3.05) is 24.2 Å². The summed E-state index contributed by atoms with van der Waals surface area (Å²) in [5, 5.41) is 15.1. The third kappa shape index (κ3) is 3.20. The Morgan fingerprint density at radius 2 is 2.14 bits per heavy atom. The number of fused-ring (bicyclic) bond motifs is 1. The van der Waals surface area contributed by atoms with E-state index in [1.165, 1.54) is 10.6 Å². The number of anilines is 2. The molecule has 7 heteroatoms. The van der Waals surface area contributed by atoms with Gasteiger partial charge in [0.05, 0.1) is 12.1 Å². The molecule has 0 bridgehead atoms. The van der Waals surface area contributed by atoms with E-state index in [-0.39, 0.29) is 24.6 Å². The largest absolute Gasteiger partial charge is 0.399 e. The Morgan fingerprint density at radius 3 is 2.82 bits per heavy atom. The number of benzene rings is 1. The highest BCUT2D eigenvalue weighted by molar-refractivity contribution is 5.95. The molecule has 0 aliphatic rings. The van der Waals surface area contributed by atoms with Crippen molar-refractivity contribution in [3.05, 3.63) is 34.6 Å². The normalized spacial score (nSPS) is 12.1. The van der Waals surface area contributed by atoms with E-state index >= 15 is 0 Å². The second-order valence-electron chi connectivity index (χ2n) is 5.11. The van der Waals surface area contributed by atoms with Crippen LogP contribution in [0, 0.1) is 0 Å². The summed E-state index contributed by atoms with van der Waals surface area (Å²) < 4.78 is 1.52. The van der Waals surface area contributed by atoms with E-state index in [0.717, 1.165) is 10.9 Å². The lowest BCUT2D eigenvalue weighted by Crippen LogP contribution is -2.39. The maximum absolute atomic E-state index is 12.0. The zero-order chi connectivity index (χ0) is 16.3. The van der Waals surface area contributed by atoms with E-state index in [2.05, 4.69) is 10.6 Å². The highest BCUT2D eigenvalue weighted by Gasteiger charge is 2.14. The lowest BCUT2D eigenvalue weighted by Gasteiger charge is -2.17. The predicted molar refractivity (Wildman–Crippen MR) is 86.8 cm³/mol. The summed E-state index contributed by atoms with van der Waals surface area (Å²) in [6, 6.07) is 6.15. The summed E-state index contributed by atoms with van der Waals surface area (Å²) in [5.41, 5.74) is 7.49. The van der Waals surface area contributed by atoms with Gasteiger partial charge in [-0.05, 0) is 25.1 Å². The van der Waals surface area contributed by atoms with Crippen LogP contribution in [0.5, 0.6) is 0 Å². The fourth-order valence-corrected chi connectivity index (χ4v) is 2.23. The number of nitrogens with one attached hydrogen (secondary N) is 2. The maximum Gasteiger partial charge on any atom is 0.252 e. The number of rotatable bonds is 5. The third-order valence-electron chi connectivity index (χ3n) is 3.45. The Balaban J connectivity index is 2.39. The Labute approximate surface area is 127 Å². The Hall–Kier alpha value is -2.54. The number of aliphatic hydroxyl groups excluding tert-OH is 1. The second kappa shape index (κ2) is 6.48. The molecule has 1 amide bonds. The van der Waals surface area contributed by atoms with Crippen molar-refractivity contribution in [3.63, 3.8) is 0 Å². The number of carbonyl (C=O) groups excluding carboxylic acids is 1. The number of amides is 1. The van der Waals surface area contributed by atoms with Gasteiger partial charge in [0.25, 0.3) is 5.56 Å². The average Bonchev–Trinajstić information content (AvgIpc) is 2.49. The Morgan fingerprint density at radius 1 is 1.41 bits per heavy atom. The fraction of sp³-hybridized carbons (Fsp3) is 0.333. The first-order chi connectivity index (χ1) is 10.4. The standard InChI is InChI=1S/C15H20N4O3/c1-9(15(22)17-5-6-20)18-12-8-14(21)19(2)13-4-3-10(16)7-11(12)13/h3-4,7-9,18,20H,5-6,16H2,1-2H3,(H,17,22). The molecule has 1 aromatic heterocycles. The van der Waals surface area contributed by atoms with Crippen molar-refractivity contribution < 1.29 is 9.90 Å². The van der Waals surface area contributed by atoms with Gasteiger partial charge in [-0.25, -0.2) is 0 Å². The van der Waals surface area contributed by atoms with Crippen molar-refractivity contribution >= 4 is 28.2 Å². The van der Waals surface area contributed by atoms with Gasteiger partial charge in [0.2, 0.25) is 5.91 Å². The highest BCUT2D eigenvalue weighted by atomic mass is 16.3. The van der Waals surface area contributed by atoms with Crippen LogP contribution in [-0.4, -0.2) is 34.8 Å². The number of nitrogens with zero attached hydrogens (tertiary/aromatic N) is 1. The third-order valence-corrected chi connectivity index (χ3v) is 3.45. The van der Waals surface area contributed by atoms with Gasteiger partial charge in [-0.3, -0.25) is 9.59 Å². The number of hydrogen-bond donors (Lipinski definition) is 4. The molecule has 0 aliphatic heterocycles. The Bertz CT molecular complexity index is 754. The van der Waals surface area contributed by atoms with Crippen LogP contribution in [0.2, 0.25) is 0 Å². The van der Waals surface area contributed by atoms with Crippen LogP contribution in [0.15, 0.2) is 29.1 Å². The smallest absolute Gasteiger partial charge is 0.252 e. The van der Waals surface area contributed by atoms with Gasteiger partial charge < -0.3 is 26.0 Å². The SMILES string of the molecule is CC(Nc1cc(=O)n(C)c2ccc(N)cc12)C(=O)NCCO. The van der Waals surface area contributed by atoms with E-state index in [1.807, 2.05) is 0 Å². The molecular weight excluding hydrogens is 284 g/mol. The maximum atomic E-state index is 12.0. The van der Waals surface area contributed by atoms with E-state index in [1.54, 1.807) is 32.2 Å². The van der Waals surface area contributed by atoms with Gasteiger partial charge in [-0.1, -0.05) is 0 Å². The first kappa shape index (κ1) is 15.8. The Kier molecular flexibility index (Phi) is 4.67. The van der Waals surface area contributed by atoms with Gasteiger partial charge in [-0.15, -0.1) is 0 Å². The van der Waals surface area contributed by atoms with Gasteiger partial charge in [-0.2, -0.15) is 0 Å². The van der Waals surface area contributed by atoms with E-state index in [0.29, 0.717) is 11.4 Å². The molecule has 2 rings (SSSR count). The molecule has 5 N–H and O–H groups in total. The number of aryl methyl sites for hydroxylation is 1. The van der Waals surface area contributed by atoms with Gasteiger partial charge in [0.1, 0.15) is 6.04 Å². The number of carbonyl (C=O) groups is 1. The summed E-state index contributed by atoms with van der Waals surface area (Å²) >= 11 is 0. The van der Waals surface area contributed by atoms with Crippen molar-refractivity contribution in [2.45, 2.75) is 13.0 Å². The van der Waals surface area contributed by atoms with Crippen LogP contribution < -0.4 is 21.9 Å². The van der Waals surface area contributed by atoms with Crippen LogP contribution in [0.4, 0.5) is 11.4 Å². The zero-order valence-electron chi connectivity index (χ0n) is 12.6. The highest BCUT2D eigenvalue weighted by Crippen LogP contribution is 2.24. The monoisotopic (exact) mass is 304 g/mol. The van der Waals surface area contributed by atoms with Gasteiger partial charge in [0.15, 0.2) is 0 Å². The topological polar surface area (TPSA) is 109 Å². The molecule has 7 nitrogen and oxygen atoms in total. The fourth-order valence-electron chi connectivity index (χ4n) is 2.23. The summed E-state index contributed by atoms with van der Waals surface area (Å²) in [6.07, 6.45) is 0. The minimum absolute atomic E-state index is 0.121. The first-order valence-corrected chi connectivity index (χ1v) is 6.98. The molecule has 0 saturated heterocycles. The molecule has 0 saturated carbocycles. The molecule has 0 spiro atoms. The molecule has 0 aliphatic carbocycles. The summed E-state index contributed by atoms with van der Waals surface area (Å²) in [5.74, 6) is -0.258. The predicted octanol–water partition coefficient (Wildman–Crippen LogP) is 0.0296. The minimum atomic E-state index is -0.553. The number of pyridine rings is 1. The molecular formula is C15H20N4O3. The molecule has 0 fully saturated rings. The molecule has 2 aromatic rings. The molecule has 118 valence electrons. The van der Waals surface area contributed by atoms with Crippen LogP contribution >= 0.6 is 0 Å². The number of hydrogen-bond acceptors (Lipinski definition) is 5. The van der Waals surface area contributed by atoms with E-state index in [9.17, 15) is 9.59 Å². The molecule has 0 radical (unpaired) electrons. The summed E-state index contributed by atoms with van der Waals surface area (Å²) in [4.78, 5) is 23.9. The van der Waals surface area contributed by atoms with Crippen LogP contribution in [0.25, 0.3) is 10.9 Å². The summed E-state index contributed by atoms with van der Waals surface area (Å²) in [7, 11) is 1.68. The minimum Gasteiger partial charge on any atom is -0.399 e. The van der Waals surface area contributed by atoms with E-state index < -0.39 is 6.04 Å².